The van der Waals surface area contributed by atoms with Crippen molar-refractivity contribution < 1.29 is 0 Å². The van der Waals surface area contributed by atoms with Gasteiger partial charge in [0.15, 0.2) is 0 Å². The largest absolute Gasteiger partial charge is 0.336 e. The van der Waals surface area contributed by atoms with E-state index in [4.69, 9.17) is 0 Å². The number of rotatable bonds is 11. The number of hydrogen-bond acceptors (Lipinski definition) is 2. The van der Waals surface area contributed by atoms with Gasteiger partial charge in [-0.3, -0.25) is 0 Å². The van der Waals surface area contributed by atoms with Crippen LogP contribution in [0.4, 0.5) is 0 Å². The van der Waals surface area contributed by atoms with Gasteiger partial charge in [-0.2, -0.15) is 11.2 Å². The predicted molar refractivity (Wildman–Crippen MR) is 94.9 cm³/mol. The molecule has 110 valence electrons. The quantitative estimate of drug-likeness (QED) is 0.409. The molecule has 0 aromatic carbocycles. The van der Waals surface area contributed by atoms with E-state index in [0.29, 0.717) is 0 Å². The normalized spacial score (nSPS) is 13.0. The Morgan fingerprint density at radius 2 is 1.17 bits per heavy atom. The molecule has 0 unspecified atom stereocenters. The van der Waals surface area contributed by atoms with Crippen molar-refractivity contribution in [3.8, 4) is 0 Å². The molecule has 1 N–H and O–H groups in total. The summed E-state index contributed by atoms with van der Waals surface area (Å²) in [6, 6.07) is 8.52. The van der Waals surface area contributed by atoms with E-state index in [9.17, 15) is 0 Å². The van der Waals surface area contributed by atoms with Gasteiger partial charge in [-0.1, -0.05) is 59.7 Å². The first-order valence-corrected chi connectivity index (χ1v) is 14.9. The van der Waals surface area contributed by atoms with Gasteiger partial charge in [0.1, 0.15) is 15.5 Å². The number of nitrogens with one attached hydrogen (secondary N) is 1. The lowest BCUT2D eigenvalue weighted by atomic mass is 10.8. The highest BCUT2D eigenvalue weighted by atomic mass is 32.4. The fourth-order valence-electron chi connectivity index (χ4n) is 2.76. The molecule has 0 heterocycles. The lowest BCUT2D eigenvalue weighted by molar-refractivity contribution is 0.917. The van der Waals surface area contributed by atoms with E-state index in [1.807, 2.05) is 0 Å². The third kappa shape index (κ3) is 5.39. The molecule has 0 aliphatic rings. The van der Waals surface area contributed by atoms with Crippen LogP contribution in [-0.4, -0.2) is 27.8 Å². The Labute approximate surface area is 122 Å². The monoisotopic (exact) mass is 305 g/mol. The van der Waals surface area contributed by atoms with Crippen LogP contribution in [0.3, 0.4) is 0 Å². The zero-order valence-corrected chi connectivity index (χ0v) is 16.4. The lowest BCUT2D eigenvalue weighted by Crippen LogP contribution is -2.49. The topological polar surface area (TPSA) is 12.0 Å². The fraction of sp³-hybridized carbons (Fsp3) is 1.00. The highest BCUT2D eigenvalue weighted by molar-refractivity contribution is 8.29. The SMILES string of the molecule is CC[Si](CC)(CC)NCCS[Si](CC)(CC)CC. The highest BCUT2D eigenvalue weighted by Crippen LogP contribution is 2.32. The minimum atomic E-state index is -1.09. The van der Waals surface area contributed by atoms with E-state index in [1.165, 1.54) is 48.6 Å². The van der Waals surface area contributed by atoms with Crippen LogP contribution in [0, 0.1) is 0 Å². The summed E-state index contributed by atoms with van der Waals surface area (Å²) in [5.41, 5.74) is 0. The molecule has 0 radical (unpaired) electrons. The molecule has 0 spiro atoms. The standard InChI is InChI=1S/C14H35NSSi2/c1-7-17(8-2,9-3)15-13-14-16-18(10-4,11-5)12-6/h15H,7-14H2,1-6H3. The van der Waals surface area contributed by atoms with Gasteiger partial charge in [-0.05, 0) is 30.4 Å². The van der Waals surface area contributed by atoms with E-state index in [-0.39, 0.29) is 0 Å². The summed E-state index contributed by atoms with van der Waals surface area (Å²) < 4.78 is 0. The van der Waals surface area contributed by atoms with Gasteiger partial charge in [-0.25, -0.2) is 0 Å². The van der Waals surface area contributed by atoms with Crippen molar-refractivity contribution in [2.24, 2.45) is 0 Å². The molecule has 0 aromatic rings. The van der Waals surface area contributed by atoms with Crippen LogP contribution < -0.4 is 4.98 Å². The summed E-state index contributed by atoms with van der Waals surface area (Å²) in [5.74, 6) is 1.34. The molecule has 0 amide bonds. The van der Waals surface area contributed by atoms with Crippen molar-refractivity contribution in [2.45, 2.75) is 77.8 Å². The van der Waals surface area contributed by atoms with Crippen molar-refractivity contribution in [3.05, 3.63) is 0 Å². The van der Waals surface area contributed by atoms with Crippen LogP contribution in [0.1, 0.15) is 41.5 Å². The summed E-state index contributed by atoms with van der Waals surface area (Å²) >= 11 is 2.34. The maximum atomic E-state index is 3.97. The van der Waals surface area contributed by atoms with Crippen LogP contribution >= 0.6 is 11.2 Å². The molecular weight excluding hydrogens is 270 g/mol. The Hall–Kier alpha value is 0.744. The summed E-state index contributed by atoms with van der Waals surface area (Å²) in [4.78, 5) is 3.97. The second kappa shape index (κ2) is 9.62. The maximum Gasteiger partial charge on any atom is 0.124 e. The summed E-state index contributed by atoms with van der Waals surface area (Å²) in [5, 5.41) is 0. The molecule has 4 heteroatoms. The molecule has 0 saturated carbocycles. The number of hydrogen-bond donors (Lipinski definition) is 1. The second-order valence-electron chi connectivity index (χ2n) is 5.36. The van der Waals surface area contributed by atoms with E-state index < -0.39 is 15.5 Å². The fourth-order valence-corrected chi connectivity index (χ4v) is 12.0. The molecular formula is C14H35NSSi2. The van der Waals surface area contributed by atoms with Gasteiger partial charge in [-0.15, -0.1) is 0 Å². The molecule has 0 rings (SSSR count). The average Bonchev–Trinajstić information content (AvgIpc) is 2.45. The Bertz CT molecular complexity index is 165. The van der Waals surface area contributed by atoms with Gasteiger partial charge < -0.3 is 4.98 Å². The lowest BCUT2D eigenvalue weighted by Gasteiger charge is -2.31. The zero-order valence-electron chi connectivity index (χ0n) is 13.6. The molecule has 18 heavy (non-hydrogen) atoms. The van der Waals surface area contributed by atoms with Crippen LogP contribution in [0.25, 0.3) is 0 Å². The summed E-state index contributed by atoms with van der Waals surface area (Å²) in [7, 11) is -2.04. The Balaban J connectivity index is 4.11. The molecule has 0 aromatic heterocycles. The van der Waals surface area contributed by atoms with Gasteiger partial charge in [0.05, 0.1) is 0 Å². The van der Waals surface area contributed by atoms with Gasteiger partial charge in [0.25, 0.3) is 0 Å². The van der Waals surface area contributed by atoms with Crippen LogP contribution in [-0.2, 0) is 0 Å². The second-order valence-corrected chi connectivity index (χ2v) is 19.0. The van der Waals surface area contributed by atoms with E-state index in [0.717, 1.165) is 0 Å². The summed E-state index contributed by atoms with van der Waals surface area (Å²) in [6.07, 6.45) is 0. The van der Waals surface area contributed by atoms with Gasteiger partial charge in [0, 0.05) is 0 Å². The minimum Gasteiger partial charge on any atom is -0.336 e. The van der Waals surface area contributed by atoms with Crippen molar-refractivity contribution in [3.63, 3.8) is 0 Å². The molecule has 1 nitrogen and oxygen atoms in total. The Morgan fingerprint density at radius 1 is 0.722 bits per heavy atom. The van der Waals surface area contributed by atoms with E-state index >= 15 is 0 Å². The Kier molecular flexibility index (Phi) is 10.0. The molecule has 0 bridgehead atoms. The van der Waals surface area contributed by atoms with Crippen molar-refractivity contribution in [2.75, 3.05) is 12.3 Å². The van der Waals surface area contributed by atoms with E-state index in [2.05, 4.69) is 57.7 Å². The van der Waals surface area contributed by atoms with Crippen molar-refractivity contribution in [1.29, 1.82) is 0 Å². The van der Waals surface area contributed by atoms with E-state index in [1.54, 1.807) is 0 Å². The Morgan fingerprint density at radius 3 is 1.50 bits per heavy atom. The molecule has 0 aliphatic heterocycles. The van der Waals surface area contributed by atoms with Gasteiger partial charge >= 0.3 is 0 Å². The first-order chi connectivity index (χ1) is 8.57. The molecule has 0 aliphatic carbocycles. The molecule has 0 saturated heterocycles. The van der Waals surface area contributed by atoms with Crippen LogP contribution in [0.15, 0.2) is 0 Å². The average molecular weight is 306 g/mol. The van der Waals surface area contributed by atoms with Crippen molar-refractivity contribution >= 4 is 26.7 Å². The van der Waals surface area contributed by atoms with Gasteiger partial charge in [0.2, 0.25) is 0 Å². The van der Waals surface area contributed by atoms with Crippen LogP contribution in [0.2, 0.25) is 36.3 Å². The molecule has 0 atom stereocenters. The third-order valence-corrected chi connectivity index (χ3v) is 20.0. The molecule has 0 fully saturated rings. The first-order valence-electron chi connectivity index (χ1n) is 7.96. The first kappa shape index (κ1) is 18.7. The highest BCUT2D eigenvalue weighted by Gasteiger charge is 2.29. The minimum absolute atomic E-state index is 0.952. The van der Waals surface area contributed by atoms with Crippen LogP contribution in [0.5, 0.6) is 0 Å². The van der Waals surface area contributed by atoms with Crippen molar-refractivity contribution in [1.82, 2.24) is 4.98 Å². The smallest absolute Gasteiger partial charge is 0.124 e. The third-order valence-electron chi connectivity index (χ3n) is 4.97. The summed E-state index contributed by atoms with van der Waals surface area (Å²) in [6.45, 7) is 15.6. The predicted octanol–water partition coefficient (Wildman–Crippen LogP) is 5.32. The zero-order chi connectivity index (χ0) is 14.1. The maximum absolute atomic E-state index is 3.97.